The number of ether oxygens (including phenoxy) is 1. The molecule has 8 heteroatoms. The number of nitrogens with one attached hydrogen (secondary N) is 1. The zero-order chi connectivity index (χ0) is 15.4. The molecule has 0 saturated heterocycles. The van der Waals surface area contributed by atoms with Gasteiger partial charge in [0.1, 0.15) is 5.00 Å². The van der Waals surface area contributed by atoms with Crippen molar-refractivity contribution < 1.29 is 19.5 Å². The summed E-state index contributed by atoms with van der Waals surface area (Å²) in [7, 11) is 0. The van der Waals surface area contributed by atoms with E-state index in [1.54, 1.807) is 6.92 Å². The second kappa shape index (κ2) is 6.57. The zero-order valence-electron chi connectivity index (χ0n) is 11.6. The molecule has 0 saturated carbocycles. The molecule has 1 amide bonds. The number of thiophene rings is 1. The number of hydrogen-bond acceptors (Lipinski definition) is 6. The van der Waals surface area contributed by atoms with Gasteiger partial charge in [-0.15, -0.1) is 11.3 Å². The van der Waals surface area contributed by atoms with E-state index < -0.39 is 17.7 Å². The Morgan fingerprint density at radius 3 is 2.81 bits per heavy atom. The molecular formula is C13H17N3O4S. The van der Waals surface area contributed by atoms with Crippen molar-refractivity contribution in [2.45, 2.75) is 32.6 Å². The molecule has 21 heavy (non-hydrogen) atoms. The van der Waals surface area contributed by atoms with Gasteiger partial charge in [0.05, 0.1) is 12.2 Å². The molecule has 0 bridgehead atoms. The number of oxime groups is 1. The van der Waals surface area contributed by atoms with Gasteiger partial charge in [-0.25, -0.2) is 4.79 Å². The van der Waals surface area contributed by atoms with Crippen LogP contribution < -0.4 is 11.1 Å². The van der Waals surface area contributed by atoms with Crippen molar-refractivity contribution in [2.75, 3.05) is 11.9 Å². The van der Waals surface area contributed by atoms with Gasteiger partial charge in [0.2, 0.25) is 5.84 Å². The first-order valence-corrected chi connectivity index (χ1v) is 7.50. The molecule has 0 unspecified atom stereocenters. The van der Waals surface area contributed by atoms with E-state index in [2.05, 4.69) is 10.5 Å². The first-order valence-electron chi connectivity index (χ1n) is 6.69. The monoisotopic (exact) mass is 311 g/mol. The molecule has 0 radical (unpaired) electrons. The van der Waals surface area contributed by atoms with Crippen molar-refractivity contribution in [1.29, 1.82) is 0 Å². The number of rotatable bonds is 3. The number of fused-ring (bicyclic) bond motifs is 1. The summed E-state index contributed by atoms with van der Waals surface area (Å²) < 4.78 is 5.07. The number of aryl methyl sites for hydroxylation is 1. The summed E-state index contributed by atoms with van der Waals surface area (Å²) in [6.07, 6.45) is 3.73. The predicted octanol–water partition coefficient (Wildman–Crippen LogP) is 1.49. The summed E-state index contributed by atoms with van der Waals surface area (Å²) in [5, 5.41) is 14.1. The van der Waals surface area contributed by atoms with E-state index in [-0.39, 0.29) is 6.61 Å². The van der Waals surface area contributed by atoms with Crippen LogP contribution in [0.15, 0.2) is 5.16 Å². The van der Waals surface area contributed by atoms with Crippen LogP contribution in [-0.4, -0.2) is 29.5 Å². The summed E-state index contributed by atoms with van der Waals surface area (Å²) in [5.41, 5.74) is 6.59. The normalized spacial score (nSPS) is 14.4. The summed E-state index contributed by atoms with van der Waals surface area (Å²) >= 11 is 1.35. The highest BCUT2D eigenvalue weighted by Gasteiger charge is 2.27. The van der Waals surface area contributed by atoms with Gasteiger partial charge >= 0.3 is 5.97 Å². The van der Waals surface area contributed by atoms with Crippen molar-refractivity contribution in [3.05, 3.63) is 16.0 Å². The smallest absolute Gasteiger partial charge is 0.341 e. The van der Waals surface area contributed by atoms with Crippen molar-refractivity contribution in [3.8, 4) is 0 Å². The molecule has 2 rings (SSSR count). The Morgan fingerprint density at radius 2 is 2.14 bits per heavy atom. The van der Waals surface area contributed by atoms with Crippen molar-refractivity contribution in [1.82, 2.24) is 0 Å². The topological polar surface area (TPSA) is 114 Å². The van der Waals surface area contributed by atoms with Crippen LogP contribution in [0.25, 0.3) is 0 Å². The molecule has 1 aliphatic carbocycles. The van der Waals surface area contributed by atoms with E-state index in [9.17, 15) is 9.59 Å². The second-order valence-corrected chi connectivity index (χ2v) is 5.68. The average molecular weight is 311 g/mol. The molecular weight excluding hydrogens is 294 g/mol. The van der Waals surface area contributed by atoms with Gasteiger partial charge in [-0.1, -0.05) is 5.16 Å². The summed E-state index contributed by atoms with van der Waals surface area (Å²) in [5.74, 6) is -1.76. The lowest BCUT2D eigenvalue weighted by molar-refractivity contribution is -0.110. The third-order valence-electron chi connectivity index (χ3n) is 3.22. The number of esters is 1. The Bertz CT molecular complexity index is 594. The molecule has 0 atom stereocenters. The first-order chi connectivity index (χ1) is 10.1. The quantitative estimate of drug-likeness (QED) is 0.257. The lowest BCUT2D eigenvalue weighted by Gasteiger charge is -2.12. The third kappa shape index (κ3) is 3.15. The minimum Gasteiger partial charge on any atom is -0.462 e. The molecule has 114 valence electrons. The molecule has 1 heterocycles. The van der Waals surface area contributed by atoms with Crippen LogP contribution in [0.3, 0.4) is 0 Å². The van der Waals surface area contributed by atoms with Crippen molar-refractivity contribution in [2.24, 2.45) is 10.9 Å². The largest absolute Gasteiger partial charge is 0.462 e. The Hall–Kier alpha value is -2.09. The summed E-state index contributed by atoms with van der Waals surface area (Å²) in [4.78, 5) is 24.9. The Labute approximate surface area is 125 Å². The minimum absolute atomic E-state index is 0.261. The predicted molar refractivity (Wildman–Crippen MR) is 79.0 cm³/mol. The Kier molecular flexibility index (Phi) is 4.79. The third-order valence-corrected chi connectivity index (χ3v) is 4.43. The van der Waals surface area contributed by atoms with Crippen LogP contribution in [0.4, 0.5) is 5.00 Å². The van der Waals surface area contributed by atoms with E-state index in [1.807, 2.05) is 0 Å². The van der Waals surface area contributed by atoms with Crippen LogP contribution in [-0.2, 0) is 22.4 Å². The summed E-state index contributed by atoms with van der Waals surface area (Å²) in [6, 6.07) is 0. The standard InChI is InChI=1S/C13H17N3O4S/c1-2-20-13(18)9-7-5-3-4-6-8(7)21-12(9)15-11(17)10(14)16-19/h19H,2-6H2,1H3,(H2,14,16)(H,15,17). The number of amidine groups is 1. The number of carbonyl (C=O) groups is 2. The maximum atomic E-state index is 12.1. The number of carbonyl (C=O) groups excluding carboxylic acids is 2. The van der Waals surface area contributed by atoms with E-state index in [1.165, 1.54) is 11.3 Å². The Balaban J connectivity index is 2.37. The highest BCUT2D eigenvalue weighted by atomic mass is 32.1. The van der Waals surface area contributed by atoms with Crippen molar-refractivity contribution in [3.63, 3.8) is 0 Å². The number of hydrogen-bond donors (Lipinski definition) is 3. The van der Waals surface area contributed by atoms with Crippen LogP contribution in [0.2, 0.25) is 0 Å². The van der Waals surface area contributed by atoms with Gasteiger partial charge in [0.15, 0.2) is 0 Å². The maximum absolute atomic E-state index is 12.1. The molecule has 4 N–H and O–H groups in total. The molecule has 0 spiro atoms. The minimum atomic E-state index is -0.748. The first kappa shape index (κ1) is 15.3. The lowest BCUT2D eigenvalue weighted by Crippen LogP contribution is -2.30. The number of anilines is 1. The van der Waals surface area contributed by atoms with Gasteiger partial charge in [-0.05, 0) is 38.2 Å². The number of amides is 1. The Morgan fingerprint density at radius 1 is 1.43 bits per heavy atom. The molecule has 1 aliphatic rings. The molecule has 7 nitrogen and oxygen atoms in total. The van der Waals surface area contributed by atoms with E-state index in [0.29, 0.717) is 10.6 Å². The zero-order valence-corrected chi connectivity index (χ0v) is 12.5. The average Bonchev–Trinajstić information content (AvgIpc) is 2.84. The van der Waals surface area contributed by atoms with Gasteiger partial charge in [-0.3, -0.25) is 4.79 Å². The van der Waals surface area contributed by atoms with Gasteiger partial charge < -0.3 is 21.0 Å². The van der Waals surface area contributed by atoms with E-state index in [4.69, 9.17) is 15.7 Å². The SMILES string of the molecule is CCOC(=O)c1c(NC(=O)/C(N)=N\O)sc2c1CCCC2. The number of nitrogens with two attached hydrogens (primary N) is 1. The molecule has 0 fully saturated rings. The fourth-order valence-electron chi connectivity index (χ4n) is 2.29. The molecule has 1 aromatic heterocycles. The summed E-state index contributed by atoms with van der Waals surface area (Å²) in [6.45, 7) is 1.99. The van der Waals surface area contributed by atoms with Gasteiger partial charge in [0.25, 0.3) is 5.91 Å². The van der Waals surface area contributed by atoms with Crippen LogP contribution in [0.5, 0.6) is 0 Å². The van der Waals surface area contributed by atoms with Crippen molar-refractivity contribution >= 4 is 34.0 Å². The molecule has 0 aromatic carbocycles. The van der Waals surface area contributed by atoms with Crippen LogP contribution in [0, 0.1) is 0 Å². The molecule has 1 aromatic rings. The fourth-order valence-corrected chi connectivity index (χ4v) is 3.56. The highest BCUT2D eigenvalue weighted by molar-refractivity contribution is 7.17. The van der Waals surface area contributed by atoms with Gasteiger partial charge in [-0.2, -0.15) is 0 Å². The fraction of sp³-hybridized carbons (Fsp3) is 0.462. The van der Waals surface area contributed by atoms with E-state index >= 15 is 0 Å². The highest BCUT2D eigenvalue weighted by Crippen LogP contribution is 2.38. The maximum Gasteiger partial charge on any atom is 0.341 e. The molecule has 0 aliphatic heterocycles. The number of nitrogens with zero attached hydrogens (tertiary/aromatic N) is 1. The van der Waals surface area contributed by atoms with Crippen LogP contribution >= 0.6 is 11.3 Å². The van der Waals surface area contributed by atoms with E-state index in [0.717, 1.165) is 36.1 Å². The lowest BCUT2D eigenvalue weighted by atomic mass is 9.95. The van der Waals surface area contributed by atoms with Crippen LogP contribution in [0.1, 0.15) is 40.6 Å². The second-order valence-electron chi connectivity index (χ2n) is 4.57. The van der Waals surface area contributed by atoms with Gasteiger partial charge in [0, 0.05) is 4.88 Å².